The van der Waals surface area contributed by atoms with Gasteiger partial charge in [-0.15, -0.1) is 0 Å². The normalized spacial score (nSPS) is 9.77. The molecule has 13 heavy (non-hydrogen) atoms. The van der Waals surface area contributed by atoms with Crippen molar-refractivity contribution in [1.29, 1.82) is 0 Å². The summed E-state index contributed by atoms with van der Waals surface area (Å²) in [6.45, 7) is 1.60. The van der Waals surface area contributed by atoms with Crippen LogP contribution in [0.5, 0.6) is 0 Å². The summed E-state index contributed by atoms with van der Waals surface area (Å²) >= 11 is 5.62. The first kappa shape index (κ1) is 9.80. The van der Waals surface area contributed by atoms with Gasteiger partial charge < -0.3 is 9.94 Å². The first-order valence-corrected chi connectivity index (χ1v) is 3.92. The highest BCUT2D eigenvalue weighted by Gasteiger charge is 2.18. The number of pyridine rings is 1. The van der Waals surface area contributed by atoms with Gasteiger partial charge in [0.1, 0.15) is 5.56 Å². The third-order valence-corrected chi connectivity index (χ3v) is 1.97. The zero-order valence-electron chi connectivity index (χ0n) is 7.20. The molecule has 0 aliphatic rings. The summed E-state index contributed by atoms with van der Waals surface area (Å²) in [6.07, 6.45) is 0. The lowest BCUT2D eigenvalue weighted by Gasteiger charge is -2.05. The molecule has 1 aromatic rings. The second kappa shape index (κ2) is 3.62. The van der Waals surface area contributed by atoms with Crippen molar-refractivity contribution < 1.29 is 14.3 Å². The topological polar surface area (TPSA) is 53.2 Å². The number of hydrogen-bond acceptors (Lipinski definition) is 3. The average molecular weight is 202 g/mol. The molecule has 0 fully saturated rings. The summed E-state index contributed by atoms with van der Waals surface area (Å²) in [7, 11) is 1.23. The SMILES string of the molecule is COC(=O)c1ccc(C)[n+]([O-])c1Cl. The van der Waals surface area contributed by atoms with Gasteiger partial charge in [0.25, 0.3) is 0 Å². The van der Waals surface area contributed by atoms with E-state index in [0.29, 0.717) is 10.4 Å². The van der Waals surface area contributed by atoms with Crippen molar-refractivity contribution in [3.63, 3.8) is 0 Å². The van der Waals surface area contributed by atoms with Gasteiger partial charge in [-0.3, -0.25) is 0 Å². The standard InChI is InChI=1S/C8H8ClNO3/c1-5-3-4-6(8(11)13-2)7(9)10(5)12/h3-4H,1-2H3. The van der Waals surface area contributed by atoms with Gasteiger partial charge in [0, 0.05) is 13.0 Å². The number of rotatable bonds is 1. The first-order valence-electron chi connectivity index (χ1n) is 3.55. The Hall–Kier alpha value is -1.29. The Bertz CT molecular complexity index is 351. The second-order valence-corrected chi connectivity index (χ2v) is 2.82. The fourth-order valence-corrected chi connectivity index (χ4v) is 1.14. The lowest BCUT2D eigenvalue weighted by atomic mass is 10.2. The van der Waals surface area contributed by atoms with Crippen LogP contribution < -0.4 is 4.73 Å². The number of aryl methyl sites for hydroxylation is 1. The molecule has 1 rings (SSSR count). The number of methoxy groups -OCH3 is 1. The van der Waals surface area contributed by atoms with E-state index in [1.165, 1.54) is 19.2 Å². The molecular formula is C8H8ClNO3. The van der Waals surface area contributed by atoms with Crippen molar-refractivity contribution in [2.45, 2.75) is 6.92 Å². The lowest BCUT2D eigenvalue weighted by Crippen LogP contribution is -2.33. The van der Waals surface area contributed by atoms with Crippen LogP contribution in [0.15, 0.2) is 12.1 Å². The minimum absolute atomic E-state index is 0.0739. The van der Waals surface area contributed by atoms with Crippen LogP contribution in [0.4, 0.5) is 0 Å². The number of carbonyl (C=O) groups excluding carboxylic acids is 1. The molecule has 4 nitrogen and oxygen atoms in total. The number of aromatic nitrogens is 1. The van der Waals surface area contributed by atoms with Crippen molar-refractivity contribution in [1.82, 2.24) is 0 Å². The van der Waals surface area contributed by atoms with Crippen molar-refractivity contribution >= 4 is 17.6 Å². The van der Waals surface area contributed by atoms with Crippen molar-refractivity contribution in [3.05, 3.63) is 33.8 Å². The molecule has 0 amide bonds. The van der Waals surface area contributed by atoms with Gasteiger partial charge in [-0.1, -0.05) is 0 Å². The Morgan fingerprint density at radius 1 is 1.62 bits per heavy atom. The predicted octanol–water partition coefficient (Wildman–Crippen LogP) is 1.07. The van der Waals surface area contributed by atoms with Crippen LogP contribution in [-0.2, 0) is 4.74 Å². The molecule has 0 bridgehead atoms. The highest BCUT2D eigenvalue weighted by molar-refractivity contribution is 6.31. The van der Waals surface area contributed by atoms with Crippen LogP contribution in [0, 0.1) is 12.1 Å². The van der Waals surface area contributed by atoms with E-state index < -0.39 is 5.97 Å². The van der Waals surface area contributed by atoms with Crippen LogP contribution in [-0.4, -0.2) is 13.1 Å². The van der Waals surface area contributed by atoms with E-state index in [4.69, 9.17) is 11.6 Å². The van der Waals surface area contributed by atoms with Crippen LogP contribution in [0.3, 0.4) is 0 Å². The van der Waals surface area contributed by atoms with E-state index in [9.17, 15) is 10.0 Å². The van der Waals surface area contributed by atoms with E-state index in [1.54, 1.807) is 6.92 Å². The fraction of sp³-hybridized carbons (Fsp3) is 0.250. The maximum Gasteiger partial charge on any atom is 0.345 e. The summed E-state index contributed by atoms with van der Waals surface area (Å²) < 4.78 is 4.92. The molecule has 0 spiro atoms. The van der Waals surface area contributed by atoms with Crippen LogP contribution in [0.2, 0.25) is 5.15 Å². The molecule has 1 aromatic heterocycles. The quantitative estimate of drug-likeness (QED) is 0.296. The summed E-state index contributed by atoms with van der Waals surface area (Å²) in [6, 6.07) is 2.96. The van der Waals surface area contributed by atoms with Gasteiger partial charge in [0.05, 0.1) is 7.11 Å². The molecular weight excluding hydrogens is 194 g/mol. The lowest BCUT2D eigenvalue weighted by molar-refractivity contribution is -0.610. The number of nitrogens with zero attached hydrogens (tertiary/aromatic N) is 1. The molecule has 1 heterocycles. The van der Waals surface area contributed by atoms with Crippen LogP contribution in [0.25, 0.3) is 0 Å². The minimum atomic E-state index is -0.616. The molecule has 0 saturated carbocycles. The number of halogens is 1. The first-order chi connectivity index (χ1) is 6.07. The average Bonchev–Trinajstić information content (AvgIpc) is 2.13. The smallest absolute Gasteiger partial charge is 0.345 e. The monoisotopic (exact) mass is 201 g/mol. The van der Waals surface area contributed by atoms with Gasteiger partial charge >= 0.3 is 11.1 Å². The molecule has 0 atom stereocenters. The van der Waals surface area contributed by atoms with Crippen molar-refractivity contribution in [3.8, 4) is 0 Å². The summed E-state index contributed by atoms with van der Waals surface area (Å²) in [5.74, 6) is -0.616. The summed E-state index contributed by atoms with van der Waals surface area (Å²) in [4.78, 5) is 11.0. The van der Waals surface area contributed by atoms with Gasteiger partial charge in [-0.2, -0.15) is 4.73 Å². The molecule has 0 radical (unpaired) electrons. The summed E-state index contributed by atoms with van der Waals surface area (Å²) in [5.41, 5.74) is 0.502. The summed E-state index contributed by atoms with van der Waals surface area (Å²) in [5, 5.41) is 11.0. The molecule has 0 aliphatic heterocycles. The Morgan fingerprint density at radius 3 is 2.77 bits per heavy atom. The largest absolute Gasteiger partial charge is 0.617 e. The number of esters is 1. The Morgan fingerprint density at radius 2 is 2.23 bits per heavy atom. The number of hydrogen-bond donors (Lipinski definition) is 0. The zero-order chi connectivity index (χ0) is 10.0. The van der Waals surface area contributed by atoms with Crippen LogP contribution >= 0.6 is 11.6 Å². The zero-order valence-corrected chi connectivity index (χ0v) is 7.96. The molecule has 0 aliphatic carbocycles. The molecule has 0 N–H and O–H groups in total. The van der Waals surface area contributed by atoms with E-state index in [-0.39, 0.29) is 10.7 Å². The maximum atomic E-state index is 11.2. The highest BCUT2D eigenvalue weighted by Crippen LogP contribution is 2.12. The van der Waals surface area contributed by atoms with Crippen molar-refractivity contribution in [2.75, 3.05) is 7.11 Å². The van der Waals surface area contributed by atoms with Gasteiger partial charge in [-0.25, -0.2) is 4.79 Å². The molecule has 0 unspecified atom stereocenters. The Labute approximate surface area is 80.3 Å². The maximum absolute atomic E-state index is 11.2. The van der Waals surface area contributed by atoms with Crippen molar-refractivity contribution in [2.24, 2.45) is 0 Å². The number of carbonyl (C=O) groups is 1. The molecule has 0 aromatic carbocycles. The minimum Gasteiger partial charge on any atom is -0.617 e. The van der Waals surface area contributed by atoms with Crippen LogP contribution in [0.1, 0.15) is 16.1 Å². The third kappa shape index (κ3) is 1.72. The fourth-order valence-electron chi connectivity index (χ4n) is 0.867. The second-order valence-electron chi connectivity index (χ2n) is 2.47. The van der Waals surface area contributed by atoms with E-state index in [0.717, 1.165) is 0 Å². The Kier molecular flexibility index (Phi) is 2.72. The van der Waals surface area contributed by atoms with Gasteiger partial charge in [0.2, 0.25) is 0 Å². The van der Waals surface area contributed by atoms with Gasteiger partial charge in [0.15, 0.2) is 5.69 Å². The van der Waals surface area contributed by atoms with E-state index >= 15 is 0 Å². The molecule has 70 valence electrons. The molecule has 0 saturated heterocycles. The van der Waals surface area contributed by atoms with E-state index in [2.05, 4.69) is 4.74 Å². The highest BCUT2D eigenvalue weighted by atomic mass is 35.5. The molecule has 5 heteroatoms. The third-order valence-electron chi connectivity index (χ3n) is 1.62. The van der Waals surface area contributed by atoms with Gasteiger partial charge in [-0.05, 0) is 17.7 Å². The Balaban J connectivity index is 3.26. The number of ether oxygens (including phenoxy) is 1. The predicted molar refractivity (Wildman–Crippen MR) is 46.5 cm³/mol. The van der Waals surface area contributed by atoms with E-state index in [1.807, 2.05) is 0 Å².